The smallest absolute Gasteiger partial charge is 0.0718 e. The fraction of sp³-hybridized carbons (Fsp3) is 0.571. The van der Waals surface area contributed by atoms with Crippen LogP contribution in [0.15, 0.2) is 30.3 Å². The highest BCUT2D eigenvalue weighted by molar-refractivity contribution is 5.20. The number of nitrogens with zero attached hydrogens (tertiary/aromatic N) is 1. The molecule has 0 bridgehead atoms. The van der Waals surface area contributed by atoms with E-state index >= 15 is 0 Å². The summed E-state index contributed by atoms with van der Waals surface area (Å²) in [6.07, 6.45) is 2.44. The van der Waals surface area contributed by atoms with E-state index in [0.717, 1.165) is 13.1 Å². The van der Waals surface area contributed by atoms with Crippen LogP contribution >= 0.6 is 0 Å². The van der Waals surface area contributed by atoms with Gasteiger partial charge in [0.25, 0.3) is 0 Å². The maximum absolute atomic E-state index is 9.90. The summed E-state index contributed by atoms with van der Waals surface area (Å²) in [6, 6.07) is 11.1. The van der Waals surface area contributed by atoms with Gasteiger partial charge < -0.3 is 5.11 Å². The molecule has 0 aliphatic carbocycles. The van der Waals surface area contributed by atoms with E-state index in [1.165, 1.54) is 18.4 Å². The lowest BCUT2D eigenvalue weighted by molar-refractivity contribution is 0.0317. The molecule has 2 heteroatoms. The highest BCUT2D eigenvalue weighted by atomic mass is 16.3. The SMILES string of the molecule is CC(C)(O)CN1CCCC1c1ccccc1. The summed E-state index contributed by atoms with van der Waals surface area (Å²) < 4.78 is 0. The predicted molar refractivity (Wildman–Crippen MR) is 66.3 cm³/mol. The lowest BCUT2D eigenvalue weighted by Gasteiger charge is -2.30. The van der Waals surface area contributed by atoms with Crippen molar-refractivity contribution in [3.05, 3.63) is 35.9 Å². The molecule has 1 N–H and O–H groups in total. The molecule has 88 valence electrons. The molecule has 2 rings (SSSR count). The summed E-state index contributed by atoms with van der Waals surface area (Å²) in [5.41, 5.74) is 0.779. The van der Waals surface area contributed by atoms with Gasteiger partial charge in [0, 0.05) is 12.6 Å². The van der Waals surface area contributed by atoms with Crippen LogP contribution < -0.4 is 0 Å². The van der Waals surface area contributed by atoms with Crippen LogP contribution in [0.4, 0.5) is 0 Å². The molecule has 1 atom stereocenters. The Labute approximate surface area is 97.9 Å². The minimum atomic E-state index is -0.600. The molecule has 0 spiro atoms. The molecular weight excluding hydrogens is 198 g/mol. The van der Waals surface area contributed by atoms with Gasteiger partial charge >= 0.3 is 0 Å². The van der Waals surface area contributed by atoms with E-state index in [1.54, 1.807) is 0 Å². The zero-order valence-electron chi connectivity index (χ0n) is 10.2. The Morgan fingerprint density at radius 1 is 1.31 bits per heavy atom. The molecule has 1 aromatic carbocycles. The molecule has 0 radical (unpaired) electrons. The zero-order chi connectivity index (χ0) is 11.6. The molecule has 1 aliphatic heterocycles. The average molecular weight is 219 g/mol. The van der Waals surface area contributed by atoms with Crippen molar-refractivity contribution in [1.82, 2.24) is 4.90 Å². The first kappa shape index (κ1) is 11.6. The Morgan fingerprint density at radius 3 is 2.62 bits per heavy atom. The lowest BCUT2D eigenvalue weighted by atomic mass is 10.0. The first-order valence-corrected chi connectivity index (χ1v) is 6.08. The largest absolute Gasteiger partial charge is 0.389 e. The second-order valence-corrected chi connectivity index (χ2v) is 5.35. The van der Waals surface area contributed by atoms with E-state index in [9.17, 15) is 5.11 Å². The summed E-state index contributed by atoms with van der Waals surface area (Å²) in [5, 5.41) is 9.90. The Balaban J connectivity index is 2.10. The van der Waals surface area contributed by atoms with Gasteiger partial charge in [-0.05, 0) is 38.8 Å². The van der Waals surface area contributed by atoms with E-state index in [0.29, 0.717) is 6.04 Å². The summed E-state index contributed by atoms with van der Waals surface area (Å²) in [7, 11) is 0. The Bertz CT molecular complexity index is 328. The molecule has 1 saturated heterocycles. The van der Waals surface area contributed by atoms with E-state index in [2.05, 4.69) is 35.2 Å². The van der Waals surface area contributed by atoms with Crippen molar-refractivity contribution in [2.24, 2.45) is 0 Å². The van der Waals surface area contributed by atoms with Crippen LogP contribution in [-0.4, -0.2) is 28.7 Å². The Hall–Kier alpha value is -0.860. The van der Waals surface area contributed by atoms with Crippen LogP contribution in [0.5, 0.6) is 0 Å². The summed E-state index contributed by atoms with van der Waals surface area (Å²) >= 11 is 0. The van der Waals surface area contributed by atoms with Gasteiger partial charge in [-0.3, -0.25) is 4.90 Å². The summed E-state index contributed by atoms with van der Waals surface area (Å²) in [5.74, 6) is 0. The minimum Gasteiger partial charge on any atom is -0.389 e. The van der Waals surface area contributed by atoms with Crippen molar-refractivity contribution in [3.63, 3.8) is 0 Å². The summed E-state index contributed by atoms with van der Waals surface area (Å²) in [6.45, 7) is 5.62. The van der Waals surface area contributed by atoms with Gasteiger partial charge in [0.05, 0.1) is 5.60 Å². The third kappa shape index (κ3) is 2.83. The van der Waals surface area contributed by atoms with Crippen LogP contribution in [-0.2, 0) is 0 Å². The quantitative estimate of drug-likeness (QED) is 0.844. The molecule has 1 aromatic rings. The number of likely N-dealkylation sites (tertiary alicyclic amines) is 1. The molecule has 0 aromatic heterocycles. The third-order valence-corrected chi connectivity index (χ3v) is 3.14. The first-order valence-electron chi connectivity index (χ1n) is 6.08. The normalized spacial score (nSPS) is 22.6. The standard InChI is InChI=1S/C14H21NO/c1-14(2,16)11-15-10-6-9-13(15)12-7-4-3-5-8-12/h3-5,7-8,13,16H,6,9-11H2,1-2H3. The second kappa shape index (κ2) is 4.56. The van der Waals surface area contributed by atoms with Gasteiger partial charge in [-0.25, -0.2) is 0 Å². The zero-order valence-corrected chi connectivity index (χ0v) is 10.2. The van der Waals surface area contributed by atoms with Crippen LogP contribution in [0.3, 0.4) is 0 Å². The number of benzene rings is 1. The van der Waals surface area contributed by atoms with Gasteiger partial charge in [0.1, 0.15) is 0 Å². The number of aliphatic hydroxyl groups is 1. The van der Waals surface area contributed by atoms with Crippen LogP contribution in [0.1, 0.15) is 38.3 Å². The van der Waals surface area contributed by atoms with Gasteiger partial charge in [0.15, 0.2) is 0 Å². The molecular formula is C14H21NO. The monoisotopic (exact) mass is 219 g/mol. The fourth-order valence-corrected chi connectivity index (χ4v) is 2.57. The van der Waals surface area contributed by atoms with Crippen molar-refractivity contribution in [2.75, 3.05) is 13.1 Å². The van der Waals surface area contributed by atoms with Gasteiger partial charge in [-0.15, -0.1) is 0 Å². The van der Waals surface area contributed by atoms with Crippen molar-refractivity contribution in [3.8, 4) is 0 Å². The number of hydrogen-bond acceptors (Lipinski definition) is 2. The first-order chi connectivity index (χ1) is 7.56. The second-order valence-electron chi connectivity index (χ2n) is 5.35. The molecule has 1 fully saturated rings. The van der Waals surface area contributed by atoms with Crippen molar-refractivity contribution in [2.45, 2.75) is 38.3 Å². The highest BCUT2D eigenvalue weighted by Crippen LogP contribution is 2.32. The topological polar surface area (TPSA) is 23.5 Å². The van der Waals surface area contributed by atoms with E-state index in [-0.39, 0.29) is 0 Å². The van der Waals surface area contributed by atoms with E-state index in [1.807, 2.05) is 13.8 Å². The molecule has 1 unspecified atom stereocenters. The Kier molecular flexibility index (Phi) is 3.31. The molecule has 0 saturated carbocycles. The number of β-amino-alcohol motifs (C(OH)–C–C–N with tert-alkyl or cyclic N) is 1. The average Bonchev–Trinajstić information content (AvgIpc) is 2.64. The highest BCUT2D eigenvalue weighted by Gasteiger charge is 2.29. The van der Waals surface area contributed by atoms with Crippen molar-refractivity contribution < 1.29 is 5.11 Å². The fourth-order valence-electron chi connectivity index (χ4n) is 2.57. The predicted octanol–water partition coefficient (Wildman–Crippen LogP) is 2.59. The van der Waals surface area contributed by atoms with Crippen molar-refractivity contribution >= 4 is 0 Å². The van der Waals surface area contributed by atoms with Crippen molar-refractivity contribution in [1.29, 1.82) is 0 Å². The van der Waals surface area contributed by atoms with Gasteiger partial charge in [-0.1, -0.05) is 30.3 Å². The van der Waals surface area contributed by atoms with E-state index in [4.69, 9.17) is 0 Å². The molecule has 16 heavy (non-hydrogen) atoms. The van der Waals surface area contributed by atoms with E-state index < -0.39 is 5.60 Å². The lowest BCUT2D eigenvalue weighted by Crippen LogP contribution is -2.38. The van der Waals surface area contributed by atoms with Gasteiger partial charge in [0.2, 0.25) is 0 Å². The summed E-state index contributed by atoms with van der Waals surface area (Å²) in [4.78, 5) is 2.40. The maximum Gasteiger partial charge on any atom is 0.0718 e. The van der Waals surface area contributed by atoms with Crippen LogP contribution in [0, 0.1) is 0 Å². The molecule has 1 heterocycles. The maximum atomic E-state index is 9.90. The number of rotatable bonds is 3. The Morgan fingerprint density at radius 2 is 2.00 bits per heavy atom. The molecule has 0 amide bonds. The number of hydrogen-bond donors (Lipinski definition) is 1. The van der Waals surface area contributed by atoms with Crippen LogP contribution in [0.2, 0.25) is 0 Å². The van der Waals surface area contributed by atoms with Gasteiger partial charge in [-0.2, -0.15) is 0 Å². The minimum absolute atomic E-state index is 0.493. The third-order valence-electron chi connectivity index (χ3n) is 3.14. The molecule has 1 aliphatic rings. The van der Waals surface area contributed by atoms with Crippen LogP contribution in [0.25, 0.3) is 0 Å². The molecule has 2 nitrogen and oxygen atoms in total.